The highest BCUT2D eigenvalue weighted by Crippen LogP contribution is 2.35. The summed E-state index contributed by atoms with van der Waals surface area (Å²) in [6.45, 7) is 2.45. The van der Waals surface area contributed by atoms with Crippen LogP contribution in [0.2, 0.25) is 0 Å². The van der Waals surface area contributed by atoms with Crippen molar-refractivity contribution >= 4 is 22.8 Å². The Morgan fingerprint density at radius 1 is 1.21 bits per heavy atom. The summed E-state index contributed by atoms with van der Waals surface area (Å²) >= 11 is 0. The summed E-state index contributed by atoms with van der Waals surface area (Å²) in [6.07, 6.45) is 0.243. The van der Waals surface area contributed by atoms with Crippen LogP contribution in [0.25, 0.3) is 27.8 Å². The molecule has 1 aliphatic heterocycles. The van der Waals surface area contributed by atoms with E-state index in [-0.39, 0.29) is 24.5 Å². The Hall–Kier alpha value is -3.98. The second-order valence-electron chi connectivity index (χ2n) is 7.96. The topological polar surface area (TPSA) is 111 Å². The molecule has 9 nitrogen and oxygen atoms in total. The molecule has 5 rings (SSSR count). The van der Waals surface area contributed by atoms with E-state index in [1.165, 1.54) is 4.90 Å². The lowest BCUT2D eigenvalue weighted by atomic mass is 9.98. The first kappa shape index (κ1) is 20.9. The number of likely N-dealkylation sites (tertiary alicyclic amines) is 1. The maximum Gasteiger partial charge on any atom is 0.359 e. The van der Waals surface area contributed by atoms with Crippen molar-refractivity contribution in [2.75, 3.05) is 20.2 Å². The quantitative estimate of drug-likeness (QED) is 0.469. The number of fused-ring (bicyclic) bond motifs is 1. The summed E-state index contributed by atoms with van der Waals surface area (Å²) in [5.74, 6) is -0.774. The van der Waals surface area contributed by atoms with E-state index in [0.717, 1.165) is 5.52 Å². The van der Waals surface area contributed by atoms with Gasteiger partial charge in [-0.25, -0.2) is 9.48 Å². The molecular formula is C24H22N4O5. The number of rotatable bonds is 5. The van der Waals surface area contributed by atoms with Gasteiger partial charge in [-0.2, -0.15) is 5.10 Å². The fourth-order valence-electron chi connectivity index (χ4n) is 4.10. The van der Waals surface area contributed by atoms with Crippen molar-refractivity contribution in [3.8, 4) is 16.9 Å². The number of carbonyl (C=O) groups is 2. The van der Waals surface area contributed by atoms with Crippen LogP contribution in [0, 0.1) is 0 Å². The number of aliphatic hydroxyl groups is 1. The molecule has 9 heteroatoms. The van der Waals surface area contributed by atoms with Gasteiger partial charge < -0.3 is 19.3 Å². The lowest BCUT2D eigenvalue weighted by Crippen LogP contribution is -2.35. The van der Waals surface area contributed by atoms with E-state index in [1.807, 2.05) is 48.5 Å². The maximum absolute atomic E-state index is 12.4. The summed E-state index contributed by atoms with van der Waals surface area (Å²) in [6, 6.07) is 16.4. The average Bonchev–Trinajstić information content (AvgIpc) is 3.54. The van der Waals surface area contributed by atoms with E-state index >= 15 is 0 Å². The zero-order valence-electron chi connectivity index (χ0n) is 18.2. The van der Waals surface area contributed by atoms with Crippen LogP contribution in [0.15, 0.2) is 59.1 Å². The molecule has 0 saturated carbocycles. The van der Waals surface area contributed by atoms with Crippen LogP contribution in [-0.4, -0.2) is 57.0 Å². The number of esters is 1. The third kappa shape index (κ3) is 3.37. The fraction of sp³-hybridized carbons (Fsp3) is 0.250. The first-order valence-corrected chi connectivity index (χ1v) is 10.6. The normalized spacial score (nSPS) is 18.3. The van der Waals surface area contributed by atoms with Gasteiger partial charge in [0.1, 0.15) is 5.69 Å². The molecule has 0 bridgehead atoms. The third-order valence-electron chi connectivity index (χ3n) is 5.87. The Morgan fingerprint density at radius 2 is 2.03 bits per heavy atom. The molecule has 2 aromatic carbocycles. The highest BCUT2D eigenvalue weighted by molar-refractivity contribution is 6.02. The van der Waals surface area contributed by atoms with Gasteiger partial charge in [0.2, 0.25) is 5.60 Å². The minimum absolute atomic E-state index is 0.117. The van der Waals surface area contributed by atoms with Gasteiger partial charge >= 0.3 is 5.97 Å². The third-order valence-corrected chi connectivity index (χ3v) is 5.87. The maximum atomic E-state index is 12.4. The molecule has 1 amide bonds. The van der Waals surface area contributed by atoms with Crippen molar-refractivity contribution in [2.24, 2.45) is 0 Å². The molecule has 168 valence electrons. The van der Waals surface area contributed by atoms with Crippen LogP contribution in [0.1, 0.15) is 29.6 Å². The van der Waals surface area contributed by atoms with Gasteiger partial charge in [0.25, 0.3) is 5.91 Å². The van der Waals surface area contributed by atoms with Gasteiger partial charge in [-0.3, -0.25) is 4.79 Å². The molecule has 0 unspecified atom stereocenters. The Morgan fingerprint density at radius 3 is 2.79 bits per heavy atom. The van der Waals surface area contributed by atoms with Crippen LogP contribution >= 0.6 is 0 Å². The summed E-state index contributed by atoms with van der Waals surface area (Å²) in [4.78, 5) is 26.3. The Bertz CT molecular complexity index is 1370. The largest absolute Gasteiger partial charge is 0.461 e. The van der Waals surface area contributed by atoms with Gasteiger partial charge in [0, 0.05) is 37.0 Å². The summed E-state index contributed by atoms with van der Waals surface area (Å²) in [5.41, 5.74) is 1.19. The van der Waals surface area contributed by atoms with Crippen LogP contribution in [0.4, 0.5) is 0 Å². The molecule has 1 fully saturated rings. The van der Waals surface area contributed by atoms with Crippen molar-refractivity contribution in [1.29, 1.82) is 0 Å². The Labute approximate surface area is 189 Å². The van der Waals surface area contributed by atoms with Gasteiger partial charge in [0.15, 0.2) is 11.5 Å². The molecule has 1 N–H and O–H groups in total. The highest BCUT2D eigenvalue weighted by atomic mass is 16.5. The van der Waals surface area contributed by atoms with Crippen LogP contribution in [0.5, 0.6) is 0 Å². The minimum atomic E-state index is -1.70. The van der Waals surface area contributed by atoms with Crippen molar-refractivity contribution in [1.82, 2.24) is 19.8 Å². The number of para-hydroxylation sites is 1. The Kier molecular flexibility index (Phi) is 4.98. The number of ether oxygens (including phenoxy) is 1. The van der Waals surface area contributed by atoms with E-state index in [2.05, 4.69) is 10.3 Å². The molecular weight excluding hydrogens is 424 g/mol. The summed E-state index contributed by atoms with van der Waals surface area (Å²) in [5, 5.41) is 20.1. The molecule has 4 aromatic rings. The number of aromatic nitrogens is 3. The van der Waals surface area contributed by atoms with Crippen molar-refractivity contribution < 1.29 is 24.0 Å². The first-order chi connectivity index (χ1) is 15.9. The van der Waals surface area contributed by atoms with E-state index in [4.69, 9.17) is 9.26 Å². The molecule has 1 atom stereocenters. The van der Waals surface area contributed by atoms with Crippen LogP contribution < -0.4 is 0 Å². The number of amides is 1. The smallest absolute Gasteiger partial charge is 0.359 e. The van der Waals surface area contributed by atoms with Gasteiger partial charge in [0.05, 0.1) is 17.8 Å². The molecule has 0 spiro atoms. The standard InChI is InChI=1S/C24H22N4O5/c1-3-32-22(29)21-17-9-4-5-10-19(17)28(25-21)16-8-6-7-15(13-16)18-14-20(33-26-18)24(31)11-12-27(2)23(24)30/h4-10,13-14,31H,3,11-12H2,1-2H3/t24-/m1/s1. The molecule has 1 aliphatic rings. The van der Waals surface area contributed by atoms with Gasteiger partial charge in [-0.1, -0.05) is 35.5 Å². The monoisotopic (exact) mass is 446 g/mol. The number of hydrogen-bond acceptors (Lipinski definition) is 7. The molecule has 0 aliphatic carbocycles. The van der Waals surface area contributed by atoms with Gasteiger partial charge in [-0.05, 0) is 25.1 Å². The molecule has 0 radical (unpaired) electrons. The average molecular weight is 446 g/mol. The van der Waals surface area contributed by atoms with E-state index in [0.29, 0.717) is 28.9 Å². The highest BCUT2D eigenvalue weighted by Gasteiger charge is 2.48. The first-order valence-electron chi connectivity index (χ1n) is 10.6. The zero-order chi connectivity index (χ0) is 23.2. The summed E-state index contributed by atoms with van der Waals surface area (Å²) < 4.78 is 12.2. The predicted octanol–water partition coefficient (Wildman–Crippen LogP) is 2.91. The minimum Gasteiger partial charge on any atom is -0.461 e. The number of hydrogen-bond donors (Lipinski definition) is 1. The molecule has 33 heavy (non-hydrogen) atoms. The number of likely N-dealkylation sites (N-methyl/N-ethyl adjacent to an activating group) is 1. The van der Waals surface area contributed by atoms with Crippen LogP contribution in [0.3, 0.4) is 0 Å². The summed E-state index contributed by atoms with van der Waals surface area (Å²) in [7, 11) is 1.64. The van der Waals surface area contributed by atoms with Crippen molar-refractivity contribution in [3.05, 3.63) is 66.1 Å². The Balaban J connectivity index is 1.54. The van der Waals surface area contributed by atoms with Crippen LogP contribution in [-0.2, 0) is 15.1 Å². The second-order valence-corrected chi connectivity index (χ2v) is 7.96. The number of benzene rings is 2. The van der Waals surface area contributed by atoms with Gasteiger partial charge in [-0.15, -0.1) is 0 Å². The molecule has 1 saturated heterocycles. The van der Waals surface area contributed by atoms with Crippen molar-refractivity contribution in [3.63, 3.8) is 0 Å². The molecule has 3 heterocycles. The lowest BCUT2D eigenvalue weighted by molar-refractivity contribution is -0.144. The lowest BCUT2D eigenvalue weighted by Gasteiger charge is -2.16. The van der Waals surface area contributed by atoms with Crippen molar-refractivity contribution in [2.45, 2.75) is 18.9 Å². The van der Waals surface area contributed by atoms with E-state index < -0.39 is 17.5 Å². The second kappa shape index (κ2) is 7.86. The predicted molar refractivity (Wildman–Crippen MR) is 119 cm³/mol. The molecule has 2 aromatic heterocycles. The van der Waals surface area contributed by atoms with E-state index in [9.17, 15) is 14.7 Å². The SMILES string of the molecule is CCOC(=O)c1nn(-c2cccc(-c3cc([C@]4(O)CCN(C)C4=O)on3)c2)c2ccccc12. The number of nitrogens with zero attached hydrogens (tertiary/aromatic N) is 4. The fourth-order valence-corrected chi connectivity index (χ4v) is 4.10. The zero-order valence-corrected chi connectivity index (χ0v) is 18.2. The van der Waals surface area contributed by atoms with E-state index in [1.54, 1.807) is 24.7 Å². The number of carbonyl (C=O) groups excluding carboxylic acids is 2.